The molecule has 2 aromatic carbocycles. The number of benzene rings is 2. The topological polar surface area (TPSA) is 97.0 Å². The Bertz CT molecular complexity index is 1060. The smallest absolute Gasteiger partial charge is 0.256 e. The summed E-state index contributed by atoms with van der Waals surface area (Å²) in [4.78, 5) is 39.8. The highest BCUT2D eigenvalue weighted by atomic mass is 32.2. The first-order valence-corrected chi connectivity index (χ1v) is 10.6. The zero-order valence-electron chi connectivity index (χ0n) is 16.1. The van der Waals surface area contributed by atoms with Crippen LogP contribution in [-0.4, -0.2) is 47.3 Å². The molecule has 0 aromatic heterocycles. The maximum absolute atomic E-state index is 12.9. The fourth-order valence-electron chi connectivity index (χ4n) is 3.84. The van der Waals surface area contributed by atoms with Gasteiger partial charge in [-0.05, 0) is 30.7 Å². The first kappa shape index (κ1) is 18.8. The molecule has 3 unspecified atom stereocenters. The van der Waals surface area contributed by atoms with Crippen LogP contribution in [0.2, 0.25) is 0 Å². The first-order valence-electron chi connectivity index (χ1n) is 9.57. The van der Waals surface area contributed by atoms with Crippen LogP contribution in [0.1, 0.15) is 28.2 Å². The normalized spacial score (nSPS) is 21.8. The Labute approximate surface area is 176 Å². The number of amides is 3. The molecule has 0 radical (unpaired) electrons. The number of fused-ring (bicyclic) bond motifs is 4. The van der Waals surface area contributed by atoms with E-state index in [4.69, 9.17) is 9.47 Å². The van der Waals surface area contributed by atoms with Crippen LogP contribution >= 0.6 is 11.8 Å². The van der Waals surface area contributed by atoms with Gasteiger partial charge in [0, 0.05) is 23.1 Å². The quantitative estimate of drug-likeness (QED) is 0.779. The molecular formula is C21H19N3O5S. The number of hydrogen-bond donors (Lipinski definition) is 2. The van der Waals surface area contributed by atoms with Crippen molar-refractivity contribution in [2.75, 3.05) is 17.9 Å². The van der Waals surface area contributed by atoms with E-state index in [-0.39, 0.29) is 29.9 Å². The third-order valence-electron chi connectivity index (χ3n) is 5.39. The van der Waals surface area contributed by atoms with Crippen LogP contribution in [0, 0.1) is 0 Å². The van der Waals surface area contributed by atoms with Gasteiger partial charge in [-0.25, -0.2) is 0 Å². The molecule has 154 valence electrons. The fourth-order valence-corrected chi connectivity index (χ4v) is 5.31. The van der Waals surface area contributed by atoms with Gasteiger partial charge in [-0.15, -0.1) is 11.8 Å². The first-order chi connectivity index (χ1) is 14.5. The number of rotatable bonds is 4. The molecule has 2 aromatic rings. The molecule has 30 heavy (non-hydrogen) atoms. The number of hydrogen-bond acceptors (Lipinski definition) is 6. The number of nitrogens with one attached hydrogen (secondary N) is 2. The van der Waals surface area contributed by atoms with Gasteiger partial charge in [0.15, 0.2) is 11.5 Å². The van der Waals surface area contributed by atoms with Gasteiger partial charge in [0.25, 0.3) is 5.91 Å². The molecule has 9 heteroatoms. The van der Waals surface area contributed by atoms with E-state index in [1.54, 1.807) is 47.9 Å². The molecule has 3 aliphatic heterocycles. The van der Waals surface area contributed by atoms with Crippen molar-refractivity contribution >= 4 is 35.2 Å². The SMILES string of the molecule is CC(NC(=O)C1CSC2c3ccccc3C(=O)N12)C(=O)Nc1ccc2c(c1)OCO2. The lowest BCUT2D eigenvalue weighted by atomic mass is 10.1. The summed E-state index contributed by atoms with van der Waals surface area (Å²) in [6, 6.07) is 11.1. The van der Waals surface area contributed by atoms with E-state index in [9.17, 15) is 14.4 Å². The minimum atomic E-state index is -0.771. The molecule has 8 nitrogen and oxygen atoms in total. The summed E-state index contributed by atoms with van der Waals surface area (Å²) < 4.78 is 10.6. The minimum absolute atomic E-state index is 0.141. The Hall–Kier alpha value is -3.20. The van der Waals surface area contributed by atoms with Crippen LogP contribution in [0.15, 0.2) is 42.5 Å². The highest BCUT2D eigenvalue weighted by Crippen LogP contribution is 2.48. The monoisotopic (exact) mass is 425 g/mol. The van der Waals surface area contributed by atoms with Gasteiger partial charge in [0.2, 0.25) is 18.6 Å². The summed E-state index contributed by atoms with van der Waals surface area (Å²) in [5.74, 6) is 0.843. The van der Waals surface area contributed by atoms with Crippen LogP contribution in [0.25, 0.3) is 0 Å². The maximum atomic E-state index is 12.9. The Morgan fingerprint density at radius 1 is 1.17 bits per heavy atom. The molecule has 0 bridgehead atoms. The summed E-state index contributed by atoms with van der Waals surface area (Å²) in [5.41, 5.74) is 2.13. The van der Waals surface area contributed by atoms with Crippen LogP contribution < -0.4 is 20.1 Å². The van der Waals surface area contributed by atoms with Gasteiger partial charge < -0.3 is 25.0 Å². The molecule has 0 aliphatic carbocycles. The van der Waals surface area contributed by atoms with Gasteiger partial charge in [0.05, 0.1) is 0 Å². The van der Waals surface area contributed by atoms with Gasteiger partial charge in [0.1, 0.15) is 17.5 Å². The molecule has 0 saturated carbocycles. The van der Waals surface area contributed by atoms with Crippen LogP contribution in [0.3, 0.4) is 0 Å². The zero-order valence-corrected chi connectivity index (χ0v) is 16.9. The molecule has 3 heterocycles. The standard InChI is InChI=1S/C21H19N3O5S/c1-11(18(25)23-12-6-7-16-17(8-12)29-10-28-16)22-19(26)15-9-30-21-14-5-3-2-4-13(14)20(27)24(15)21/h2-8,11,15,21H,9-10H2,1H3,(H,22,26)(H,23,25). The Kier molecular flexibility index (Phi) is 4.54. The Balaban J connectivity index is 1.23. The van der Waals surface area contributed by atoms with E-state index in [2.05, 4.69) is 10.6 Å². The third kappa shape index (κ3) is 3.06. The second-order valence-corrected chi connectivity index (χ2v) is 8.40. The number of carbonyl (C=O) groups is 3. The number of thioether (sulfide) groups is 1. The van der Waals surface area contributed by atoms with Gasteiger partial charge in [-0.1, -0.05) is 18.2 Å². The summed E-state index contributed by atoms with van der Waals surface area (Å²) in [6.07, 6.45) is 0. The molecular weight excluding hydrogens is 406 g/mol. The summed E-state index contributed by atoms with van der Waals surface area (Å²) in [7, 11) is 0. The molecule has 3 atom stereocenters. The zero-order chi connectivity index (χ0) is 20.8. The van der Waals surface area contributed by atoms with Crippen LogP contribution in [0.4, 0.5) is 5.69 Å². The van der Waals surface area contributed by atoms with E-state index in [0.29, 0.717) is 28.5 Å². The Morgan fingerprint density at radius 3 is 2.83 bits per heavy atom. The van der Waals surface area contributed by atoms with Gasteiger partial charge in [-0.3, -0.25) is 14.4 Å². The minimum Gasteiger partial charge on any atom is -0.454 e. The van der Waals surface area contributed by atoms with E-state index in [1.165, 1.54) is 0 Å². The second-order valence-electron chi connectivity index (χ2n) is 7.29. The summed E-state index contributed by atoms with van der Waals surface area (Å²) >= 11 is 1.56. The lowest BCUT2D eigenvalue weighted by molar-refractivity contribution is -0.128. The largest absolute Gasteiger partial charge is 0.454 e. The van der Waals surface area contributed by atoms with Gasteiger partial charge >= 0.3 is 0 Å². The predicted octanol–water partition coefficient (Wildman–Crippen LogP) is 2.13. The van der Waals surface area contributed by atoms with E-state index >= 15 is 0 Å². The van der Waals surface area contributed by atoms with E-state index in [0.717, 1.165) is 5.56 Å². The number of ether oxygens (including phenoxy) is 2. The van der Waals surface area contributed by atoms with Crippen LogP contribution in [0.5, 0.6) is 11.5 Å². The van der Waals surface area contributed by atoms with Crippen molar-refractivity contribution in [1.82, 2.24) is 10.2 Å². The summed E-state index contributed by atoms with van der Waals surface area (Å²) in [5, 5.41) is 5.35. The van der Waals surface area contributed by atoms with Crippen molar-refractivity contribution in [2.24, 2.45) is 0 Å². The second kappa shape index (κ2) is 7.24. The van der Waals surface area contributed by atoms with Gasteiger partial charge in [-0.2, -0.15) is 0 Å². The lowest BCUT2D eigenvalue weighted by Gasteiger charge is -2.24. The lowest BCUT2D eigenvalue weighted by Crippen LogP contribution is -2.51. The highest BCUT2D eigenvalue weighted by Gasteiger charge is 2.48. The molecule has 1 saturated heterocycles. The van der Waals surface area contributed by atoms with Crippen molar-refractivity contribution in [1.29, 1.82) is 0 Å². The third-order valence-corrected chi connectivity index (χ3v) is 6.69. The number of nitrogens with zero attached hydrogens (tertiary/aromatic N) is 1. The van der Waals surface area contributed by atoms with E-state index in [1.807, 2.05) is 18.2 Å². The molecule has 1 fully saturated rings. The average Bonchev–Trinajstić information content (AvgIpc) is 3.44. The van der Waals surface area contributed by atoms with Crippen molar-refractivity contribution in [3.63, 3.8) is 0 Å². The summed E-state index contributed by atoms with van der Waals surface area (Å²) in [6.45, 7) is 1.76. The van der Waals surface area contributed by atoms with E-state index < -0.39 is 12.1 Å². The Morgan fingerprint density at radius 2 is 1.97 bits per heavy atom. The maximum Gasteiger partial charge on any atom is 0.256 e. The average molecular weight is 425 g/mol. The molecule has 3 amide bonds. The fraction of sp³-hybridized carbons (Fsp3) is 0.286. The molecule has 0 spiro atoms. The van der Waals surface area contributed by atoms with Crippen molar-refractivity contribution in [3.05, 3.63) is 53.6 Å². The molecule has 3 aliphatic rings. The van der Waals surface area contributed by atoms with Crippen molar-refractivity contribution in [3.8, 4) is 11.5 Å². The molecule has 5 rings (SSSR count). The van der Waals surface area contributed by atoms with Crippen molar-refractivity contribution < 1.29 is 23.9 Å². The number of carbonyl (C=O) groups excluding carboxylic acids is 3. The predicted molar refractivity (Wildman–Crippen MR) is 110 cm³/mol. The highest BCUT2D eigenvalue weighted by molar-refractivity contribution is 7.99. The van der Waals surface area contributed by atoms with Crippen LogP contribution in [-0.2, 0) is 9.59 Å². The van der Waals surface area contributed by atoms with Crippen molar-refractivity contribution in [2.45, 2.75) is 24.4 Å². The number of anilines is 1. The molecule has 2 N–H and O–H groups in total.